The van der Waals surface area contributed by atoms with Gasteiger partial charge in [0.15, 0.2) is 0 Å². The number of aromatic nitrogens is 1. The second kappa shape index (κ2) is 7.88. The third kappa shape index (κ3) is 4.22. The molecule has 0 aliphatic carbocycles. The number of allylic oxidation sites excluding steroid dienone is 2. The highest BCUT2D eigenvalue weighted by molar-refractivity contribution is 5.74. The van der Waals surface area contributed by atoms with Crippen molar-refractivity contribution in [2.24, 2.45) is 5.92 Å². The van der Waals surface area contributed by atoms with Gasteiger partial charge < -0.3 is 4.90 Å². The van der Waals surface area contributed by atoms with Crippen molar-refractivity contribution in [2.45, 2.75) is 39.5 Å². The first-order valence-corrected chi connectivity index (χ1v) is 7.86. The number of hydrogen-bond acceptors (Lipinski definition) is 2. The minimum Gasteiger partial charge on any atom is -0.373 e. The second-order valence-corrected chi connectivity index (χ2v) is 5.58. The lowest BCUT2D eigenvalue weighted by molar-refractivity contribution is 0.305. The van der Waals surface area contributed by atoms with E-state index in [-0.39, 0.29) is 0 Å². The topological polar surface area (TPSA) is 16.1 Å². The van der Waals surface area contributed by atoms with E-state index in [2.05, 4.69) is 54.2 Å². The molecule has 1 aromatic heterocycles. The van der Waals surface area contributed by atoms with Crippen molar-refractivity contribution in [3.63, 3.8) is 0 Å². The number of rotatable bonds is 7. The first-order valence-electron chi connectivity index (χ1n) is 7.86. The van der Waals surface area contributed by atoms with Crippen LogP contribution in [0.4, 0.5) is 0 Å². The molecule has 0 bridgehead atoms. The largest absolute Gasteiger partial charge is 0.373 e. The zero-order valence-corrected chi connectivity index (χ0v) is 12.8. The van der Waals surface area contributed by atoms with Crippen LogP contribution in [0.5, 0.6) is 0 Å². The molecule has 0 saturated heterocycles. The van der Waals surface area contributed by atoms with E-state index in [1.165, 1.54) is 43.4 Å². The van der Waals surface area contributed by atoms with Crippen LogP contribution in [-0.2, 0) is 0 Å². The third-order valence-electron chi connectivity index (χ3n) is 4.06. The predicted molar refractivity (Wildman–Crippen MR) is 86.2 cm³/mol. The third-order valence-corrected chi connectivity index (χ3v) is 4.06. The molecule has 2 rings (SSSR count). The molecular formula is C18H26N2. The molecule has 0 saturated carbocycles. The predicted octanol–water partition coefficient (Wildman–Crippen LogP) is 4.51. The lowest BCUT2D eigenvalue weighted by Gasteiger charge is -2.27. The number of pyridine rings is 1. The van der Waals surface area contributed by atoms with Crippen molar-refractivity contribution in [1.29, 1.82) is 0 Å². The van der Waals surface area contributed by atoms with Gasteiger partial charge in [0, 0.05) is 25.5 Å². The van der Waals surface area contributed by atoms with Crippen LogP contribution < -0.4 is 0 Å². The van der Waals surface area contributed by atoms with Crippen molar-refractivity contribution in [3.05, 3.63) is 48.4 Å². The molecule has 0 spiro atoms. The molecular weight excluding hydrogens is 244 g/mol. The minimum atomic E-state index is 0.829. The smallest absolute Gasteiger partial charge is 0.0363 e. The Bertz CT molecular complexity index is 448. The summed E-state index contributed by atoms with van der Waals surface area (Å²) in [4.78, 5) is 6.51. The highest BCUT2D eigenvalue weighted by atomic mass is 15.1. The summed E-state index contributed by atoms with van der Waals surface area (Å²) in [6, 6.07) is 4.14. The zero-order valence-electron chi connectivity index (χ0n) is 12.8. The van der Waals surface area contributed by atoms with Gasteiger partial charge in [-0.1, -0.05) is 39.2 Å². The SMILES string of the molecule is CCCCC(CC)CN1C=CC(c2ccncc2)=CC1. The van der Waals surface area contributed by atoms with Crippen LogP contribution in [0.1, 0.15) is 45.1 Å². The Balaban J connectivity index is 1.87. The maximum atomic E-state index is 4.07. The molecule has 1 aliphatic rings. The van der Waals surface area contributed by atoms with E-state index in [1.54, 1.807) is 0 Å². The van der Waals surface area contributed by atoms with Gasteiger partial charge in [-0.2, -0.15) is 0 Å². The molecule has 1 unspecified atom stereocenters. The average molecular weight is 270 g/mol. The standard InChI is InChI=1S/C18H26N2/c1-3-5-6-16(4-2)15-20-13-9-18(10-14-20)17-7-11-19-12-8-17/h7-13,16H,3-6,14-15H2,1-2H3. The van der Waals surface area contributed by atoms with Gasteiger partial charge in [0.2, 0.25) is 0 Å². The fourth-order valence-corrected chi connectivity index (χ4v) is 2.67. The molecule has 108 valence electrons. The summed E-state index contributed by atoms with van der Waals surface area (Å²) in [5.74, 6) is 0.829. The average Bonchev–Trinajstić information content (AvgIpc) is 2.53. The summed E-state index contributed by atoms with van der Waals surface area (Å²) in [5.41, 5.74) is 2.57. The van der Waals surface area contributed by atoms with Gasteiger partial charge in [0.1, 0.15) is 0 Å². The maximum Gasteiger partial charge on any atom is 0.0363 e. The second-order valence-electron chi connectivity index (χ2n) is 5.58. The first-order chi connectivity index (χ1) is 9.83. The van der Waals surface area contributed by atoms with Crippen molar-refractivity contribution >= 4 is 5.57 Å². The van der Waals surface area contributed by atoms with Crippen LogP contribution >= 0.6 is 0 Å². The summed E-state index contributed by atoms with van der Waals surface area (Å²) in [6.45, 7) is 6.80. The first kappa shape index (κ1) is 14.8. The van der Waals surface area contributed by atoms with Gasteiger partial charge in [-0.25, -0.2) is 0 Å². The van der Waals surface area contributed by atoms with E-state index in [1.807, 2.05) is 12.4 Å². The Morgan fingerprint density at radius 1 is 1.25 bits per heavy atom. The Hall–Kier alpha value is -1.57. The van der Waals surface area contributed by atoms with Crippen LogP contribution in [0, 0.1) is 5.92 Å². The molecule has 0 radical (unpaired) electrons. The lowest BCUT2D eigenvalue weighted by Crippen LogP contribution is -2.26. The zero-order chi connectivity index (χ0) is 14.2. The van der Waals surface area contributed by atoms with Gasteiger partial charge >= 0.3 is 0 Å². The minimum absolute atomic E-state index is 0.829. The Morgan fingerprint density at radius 2 is 2.05 bits per heavy atom. The fourth-order valence-electron chi connectivity index (χ4n) is 2.67. The molecule has 1 atom stereocenters. The van der Waals surface area contributed by atoms with Crippen molar-refractivity contribution < 1.29 is 0 Å². The van der Waals surface area contributed by atoms with Gasteiger partial charge in [-0.3, -0.25) is 4.98 Å². The highest BCUT2D eigenvalue weighted by Crippen LogP contribution is 2.21. The van der Waals surface area contributed by atoms with Gasteiger partial charge in [0.25, 0.3) is 0 Å². The van der Waals surface area contributed by atoms with E-state index in [4.69, 9.17) is 0 Å². The Kier molecular flexibility index (Phi) is 5.85. The van der Waals surface area contributed by atoms with Crippen molar-refractivity contribution in [1.82, 2.24) is 9.88 Å². The number of hydrogen-bond donors (Lipinski definition) is 0. The van der Waals surface area contributed by atoms with E-state index >= 15 is 0 Å². The summed E-state index contributed by atoms with van der Waals surface area (Å²) < 4.78 is 0. The molecule has 1 aromatic rings. The monoisotopic (exact) mass is 270 g/mol. The quantitative estimate of drug-likeness (QED) is 0.724. The summed E-state index contributed by atoms with van der Waals surface area (Å²) in [7, 11) is 0. The van der Waals surface area contributed by atoms with Gasteiger partial charge in [-0.15, -0.1) is 0 Å². The summed E-state index contributed by atoms with van der Waals surface area (Å²) >= 11 is 0. The van der Waals surface area contributed by atoms with Crippen molar-refractivity contribution in [2.75, 3.05) is 13.1 Å². The van der Waals surface area contributed by atoms with Crippen LogP contribution in [0.2, 0.25) is 0 Å². The molecule has 2 nitrogen and oxygen atoms in total. The Morgan fingerprint density at radius 3 is 2.65 bits per heavy atom. The van der Waals surface area contributed by atoms with E-state index in [0.717, 1.165) is 12.5 Å². The normalized spacial score (nSPS) is 16.1. The molecule has 0 aromatic carbocycles. The number of nitrogens with zero attached hydrogens (tertiary/aromatic N) is 2. The van der Waals surface area contributed by atoms with Crippen molar-refractivity contribution in [3.8, 4) is 0 Å². The van der Waals surface area contributed by atoms with Crippen LogP contribution in [-0.4, -0.2) is 23.0 Å². The maximum absolute atomic E-state index is 4.07. The molecule has 0 amide bonds. The molecule has 20 heavy (non-hydrogen) atoms. The summed E-state index contributed by atoms with van der Waals surface area (Å²) in [5, 5.41) is 0. The van der Waals surface area contributed by atoms with Gasteiger partial charge in [-0.05, 0) is 47.9 Å². The highest BCUT2D eigenvalue weighted by Gasteiger charge is 2.12. The number of unbranched alkanes of at least 4 members (excludes halogenated alkanes) is 1. The van der Waals surface area contributed by atoms with E-state index in [9.17, 15) is 0 Å². The van der Waals surface area contributed by atoms with Crippen LogP contribution in [0.25, 0.3) is 5.57 Å². The molecule has 0 N–H and O–H groups in total. The summed E-state index contributed by atoms with van der Waals surface area (Å²) in [6.07, 6.45) is 15.8. The Labute approximate surface area is 123 Å². The molecule has 1 aliphatic heterocycles. The van der Waals surface area contributed by atoms with Crippen LogP contribution in [0.15, 0.2) is 42.9 Å². The molecule has 0 fully saturated rings. The molecule has 2 heteroatoms. The van der Waals surface area contributed by atoms with Crippen LogP contribution in [0.3, 0.4) is 0 Å². The van der Waals surface area contributed by atoms with Gasteiger partial charge in [0.05, 0.1) is 0 Å². The lowest BCUT2D eigenvalue weighted by atomic mass is 9.98. The fraction of sp³-hybridized carbons (Fsp3) is 0.500. The van der Waals surface area contributed by atoms with E-state index < -0.39 is 0 Å². The van der Waals surface area contributed by atoms with E-state index in [0.29, 0.717) is 0 Å². The molecule has 2 heterocycles.